The lowest BCUT2D eigenvalue weighted by molar-refractivity contribution is -0.126. The maximum Gasteiger partial charge on any atom is 0.223 e. The molecule has 0 aromatic carbocycles. The Morgan fingerprint density at radius 2 is 2.40 bits per heavy atom. The van der Waals surface area contributed by atoms with Gasteiger partial charge in [-0.25, -0.2) is 0 Å². The molecule has 0 aromatic heterocycles. The minimum absolute atomic E-state index is 0.189. The topological polar surface area (TPSA) is 43.1 Å². The van der Waals surface area contributed by atoms with Crippen LogP contribution in [0.3, 0.4) is 0 Å². The lowest BCUT2D eigenvalue weighted by Gasteiger charge is -2.17. The smallest absolute Gasteiger partial charge is 0.223 e. The third kappa shape index (κ3) is 1.06. The molecule has 0 heterocycles. The van der Waals surface area contributed by atoms with Crippen molar-refractivity contribution in [1.82, 2.24) is 0 Å². The summed E-state index contributed by atoms with van der Waals surface area (Å²) in [5, 5.41) is 0. The van der Waals surface area contributed by atoms with Gasteiger partial charge in [0.2, 0.25) is 5.91 Å². The zero-order chi connectivity index (χ0) is 7.78. The Kier molecular flexibility index (Phi) is 1.55. The van der Waals surface area contributed by atoms with Crippen LogP contribution in [0.5, 0.6) is 0 Å². The number of rotatable bonds is 1. The van der Waals surface area contributed by atoms with Crippen molar-refractivity contribution < 1.29 is 4.79 Å². The third-order valence-electron chi connectivity index (χ3n) is 2.27. The van der Waals surface area contributed by atoms with Gasteiger partial charge in [0.15, 0.2) is 0 Å². The van der Waals surface area contributed by atoms with Gasteiger partial charge < -0.3 is 5.73 Å². The molecule has 0 spiro atoms. The van der Waals surface area contributed by atoms with Crippen LogP contribution in [-0.2, 0) is 4.79 Å². The molecule has 2 nitrogen and oxygen atoms in total. The number of nitrogens with two attached hydrogens (primary N) is 1. The molecule has 1 atom stereocenters. The van der Waals surface area contributed by atoms with Crippen molar-refractivity contribution in [1.29, 1.82) is 0 Å². The standard InChI is InChI=1S/C8H13NO/c1-6-3-4-8(2,5-6)7(9)10/h1,3-5H2,2H3,(H2,9,10). The highest BCUT2D eigenvalue weighted by molar-refractivity contribution is 5.81. The average Bonchev–Trinajstić information content (AvgIpc) is 2.13. The minimum Gasteiger partial charge on any atom is -0.369 e. The quantitative estimate of drug-likeness (QED) is 0.545. The number of hydrogen-bond acceptors (Lipinski definition) is 1. The fourth-order valence-electron chi connectivity index (χ4n) is 1.39. The van der Waals surface area contributed by atoms with Gasteiger partial charge in [-0.2, -0.15) is 0 Å². The summed E-state index contributed by atoms with van der Waals surface area (Å²) in [5.41, 5.74) is 6.07. The van der Waals surface area contributed by atoms with E-state index in [1.807, 2.05) is 6.92 Å². The number of primary amides is 1. The van der Waals surface area contributed by atoms with Gasteiger partial charge in [0.25, 0.3) is 0 Å². The molecule has 0 saturated heterocycles. The molecule has 10 heavy (non-hydrogen) atoms. The summed E-state index contributed by atoms with van der Waals surface area (Å²) in [6.07, 6.45) is 2.61. The highest BCUT2D eigenvalue weighted by Crippen LogP contribution is 2.39. The van der Waals surface area contributed by atoms with Crippen LogP contribution in [0.4, 0.5) is 0 Å². The molecular formula is C8H13NO. The van der Waals surface area contributed by atoms with E-state index in [0.717, 1.165) is 24.8 Å². The van der Waals surface area contributed by atoms with Crippen LogP contribution < -0.4 is 5.73 Å². The fourth-order valence-corrected chi connectivity index (χ4v) is 1.39. The average molecular weight is 139 g/mol. The van der Waals surface area contributed by atoms with Crippen molar-refractivity contribution in [2.24, 2.45) is 11.1 Å². The second kappa shape index (κ2) is 2.11. The monoisotopic (exact) mass is 139 g/mol. The molecule has 1 aliphatic rings. The Morgan fingerprint density at radius 1 is 1.80 bits per heavy atom. The molecular weight excluding hydrogens is 126 g/mol. The van der Waals surface area contributed by atoms with Gasteiger partial charge in [0.05, 0.1) is 5.41 Å². The normalized spacial score (nSPS) is 32.7. The predicted octanol–water partition coefficient (Wildman–Crippen LogP) is 1.22. The Bertz CT molecular complexity index is 186. The highest BCUT2D eigenvalue weighted by atomic mass is 16.1. The second-order valence-corrected chi connectivity index (χ2v) is 3.35. The summed E-state index contributed by atoms with van der Waals surface area (Å²) in [5.74, 6) is -0.189. The molecule has 1 fully saturated rings. The zero-order valence-corrected chi connectivity index (χ0v) is 6.31. The summed E-state index contributed by atoms with van der Waals surface area (Å²) >= 11 is 0. The van der Waals surface area contributed by atoms with Crippen LogP contribution in [0.2, 0.25) is 0 Å². The first-order valence-corrected chi connectivity index (χ1v) is 3.51. The number of allylic oxidation sites excluding steroid dienone is 1. The van der Waals surface area contributed by atoms with Gasteiger partial charge in [-0.05, 0) is 19.3 Å². The predicted molar refractivity (Wildman–Crippen MR) is 40.3 cm³/mol. The van der Waals surface area contributed by atoms with Crippen LogP contribution in [0.1, 0.15) is 26.2 Å². The molecule has 1 unspecified atom stereocenters. The molecule has 1 amide bonds. The molecule has 1 aliphatic carbocycles. The van der Waals surface area contributed by atoms with E-state index >= 15 is 0 Å². The SMILES string of the molecule is C=C1CCC(C)(C(N)=O)C1. The Hall–Kier alpha value is -0.790. The Labute approximate surface area is 61.1 Å². The molecule has 2 heteroatoms. The molecule has 0 aliphatic heterocycles. The van der Waals surface area contributed by atoms with Crippen molar-refractivity contribution in [3.8, 4) is 0 Å². The second-order valence-electron chi connectivity index (χ2n) is 3.35. The maximum absolute atomic E-state index is 10.8. The highest BCUT2D eigenvalue weighted by Gasteiger charge is 2.35. The summed E-state index contributed by atoms with van der Waals surface area (Å²) in [7, 11) is 0. The number of amides is 1. The van der Waals surface area contributed by atoms with Gasteiger partial charge in [-0.3, -0.25) is 4.79 Å². The molecule has 1 rings (SSSR count). The van der Waals surface area contributed by atoms with Gasteiger partial charge in [0.1, 0.15) is 0 Å². The fraction of sp³-hybridized carbons (Fsp3) is 0.625. The first kappa shape index (κ1) is 7.32. The van der Waals surface area contributed by atoms with Crippen molar-refractivity contribution in [3.63, 3.8) is 0 Å². The van der Waals surface area contributed by atoms with E-state index in [0.29, 0.717) is 0 Å². The summed E-state index contributed by atoms with van der Waals surface area (Å²) in [4.78, 5) is 10.8. The third-order valence-corrected chi connectivity index (χ3v) is 2.27. The van der Waals surface area contributed by atoms with Gasteiger partial charge in [-0.1, -0.05) is 19.1 Å². The maximum atomic E-state index is 10.8. The lowest BCUT2D eigenvalue weighted by Crippen LogP contribution is -2.31. The molecule has 0 aromatic rings. The van der Waals surface area contributed by atoms with E-state index in [4.69, 9.17) is 5.73 Å². The Morgan fingerprint density at radius 3 is 2.60 bits per heavy atom. The van der Waals surface area contributed by atoms with Gasteiger partial charge in [-0.15, -0.1) is 0 Å². The summed E-state index contributed by atoms with van der Waals surface area (Å²) < 4.78 is 0. The summed E-state index contributed by atoms with van der Waals surface area (Å²) in [6, 6.07) is 0. The first-order chi connectivity index (χ1) is 4.54. The van der Waals surface area contributed by atoms with Crippen molar-refractivity contribution in [2.75, 3.05) is 0 Å². The van der Waals surface area contributed by atoms with Gasteiger partial charge >= 0.3 is 0 Å². The van der Waals surface area contributed by atoms with Crippen LogP contribution in [0.25, 0.3) is 0 Å². The molecule has 0 radical (unpaired) electrons. The van der Waals surface area contributed by atoms with Crippen molar-refractivity contribution in [2.45, 2.75) is 26.2 Å². The van der Waals surface area contributed by atoms with E-state index < -0.39 is 0 Å². The molecule has 0 bridgehead atoms. The van der Waals surface area contributed by atoms with Crippen LogP contribution in [-0.4, -0.2) is 5.91 Å². The van der Waals surface area contributed by atoms with E-state index in [2.05, 4.69) is 6.58 Å². The van der Waals surface area contributed by atoms with Crippen LogP contribution in [0.15, 0.2) is 12.2 Å². The summed E-state index contributed by atoms with van der Waals surface area (Å²) in [6.45, 7) is 5.73. The van der Waals surface area contributed by atoms with E-state index in [9.17, 15) is 4.79 Å². The molecule has 56 valence electrons. The van der Waals surface area contributed by atoms with E-state index in [1.54, 1.807) is 0 Å². The van der Waals surface area contributed by atoms with Crippen LogP contribution >= 0.6 is 0 Å². The van der Waals surface area contributed by atoms with E-state index in [1.165, 1.54) is 0 Å². The largest absolute Gasteiger partial charge is 0.369 e. The lowest BCUT2D eigenvalue weighted by atomic mass is 9.88. The Balaban J connectivity index is 2.72. The number of hydrogen-bond donors (Lipinski definition) is 1. The molecule has 2 N–H and O–H groups in total. The van der Waals surface area contributed by atoms with Crippen LogP contribution in [0, 0.1) is 5.41 Å². The van der Waals surface area contributed by atoms with Crippen molar-refractivity contribution >= 4 is 5.91 Å². The van der Waals surface area contributed by atoms with Crippen molar-refractivity contribution in [3.05, 3.63) is 12.2 Å². The molecule has 1 saturated carbocycles. The number of carbonyl (C=O) groups excluding carboxylic acids is 1. The minimum atomic E-state index is -0.295. The zero-order valence-electron chi connectivity index (χ0n) is 6.31. The number of carbonyl (C=O) groups is 1. The van der Waals surface area contributed by atoms with Gasteiger partial charge in [0, 0.05) is 0 Å². The first-order valence-electron chi connectivity index (χ1n) is 3.51. The van der Waals surface area contributed by atoms with E-state index in [-0.39, 0.29) is 11.3 Å².